The van der Waals surface area contributed by atoms with E-state index >= 15 is 0 Å². The molecule has 7 nitrogen and oxygen atoms in total. The van der Waals surface area contributed by atoms with Crippen molar-refractivity contribution >= 4 is 16.0 Å². The molecule has 1 heterocycles. The number of amides is 1. The number of hydrogen-bond acceptors (Lipinski definition) is 6. The minimum atomic E-state index is -3.49. The SMILES string of the molecule is CNC(=O)C[C@@H](O)[C@@H]1C[C@@H](OS(C)(=O)=O)CN1. The molecule has 1 amide bonds. The molecule has 1 saturated heterocycles. The fourth-order valence-electron chi connectivity index (χ4n) is 1.78. The van der Waals surface area contributed by atoms with Crippen molar-refractivity contribution in [3.8, 4) is 0 Å². The average Bonchev–Trinajstić information content (AvgIpc) is 2.63. The zero-order chi connectivity index (χ0) is 13.1. The Morgan fingerprint density at radius 2 is 2.29 bits per heavy atom. The lowest BCUT2D eigenvalue weighted by molar-refractivity contribution is -0.122. The summed E-state index contributed by atoms with van der Waals surface area (Å²) in [6.07, 6.45) is 0.0178. The second kappa shape index (κ2) is 5.76. The van der Waals surface area contributed by atoms with Gasteiger partial charge in [-0.3, -0.25) is 8.98 Å². The summed E-state index contributed by atoms with van der Waals surface area (Å²) in [7, 11) is -1.99. The van der Waals surface area contributed by atoms with Crippen molar-refractivity contribution in [2.75, 3.05) is 19.8 Å². The molecule has 0 aromatic heterocycles. The Labute approximate surface area is 101 Å². The highest BCUT2D eigenvalue weighted by molar-refractivity contribution is 7.86. The molecule has 1 rings (SSSR count). The lowest BCUT2D eigenvalue weighted by Crippen LogP contribution is -2.38. The third kappa shape index (κ3) is 4.99. The first-order chi connectivity index (χ1) is 7.81. The molecular formula is C9H18N2O5S. The standard InChI is InChI=1S/C9H18N2O5S/c1-10-9(13)4-8(12)7-3-6(5-11-7)16-17(2,14)15/h6-8,11-12H,3-5H2,1-2H3,(H,10,13)/t6-,7+,8-/m1/s1. The summed E-state index contributed by atoms with van der Waals surface area (Å²) in [6, 6.07) is -0.320. The molecule has 0 radical (unpaired) electrons. The number of hydrogen-bond donors (Lipinski definition) is 3. The fraction of sp³-hybridized carbons (Fsp3) is 0.889. The normalized spacial score (nSPS) is 26.8. The molecule has 8 heteroatoms. The lowest BCUT2D eigenvalue weighted by Gasteiger charge is -2.17. The Hall–Kier alpha value is -0.700. The minimum absolute atomic E-state index is 0.0141. The van der Waals surface area contributed by atoms with Gasteiger partial charge >= 0.3 is 0 Å². The van der Waals surface area contributed by atoms with Crippen LogP contribution in [0.5, 0.6) is 0 Å². The van der Waals surface area contributed by atoms with E-state index in [4.69, 9.17) is 4.18 Å². The van der Waals surface area contributed by atoms with E-state index in [9.17, 15) is 18.3 Å². The third-order valence-corrected chi connectivity index (χ3v) is 3.19. The zero-order valence-electron chi connectivity index (χ0n) is 9.84. The maximum atomic E-state index is 11.1. The van der Waals surface area contributed by atoms with Crippen LogP contribution < -0.4 is 10.6 Å². The van der Waals surface area contributed by atoms with E-state index in [0.29, 0.717) is 13.0 Å². The molecule has 0 saturated carbocycles. The number of nitrogens with one attached hydrogen (secondary N) is 2. The van der Waals surface area contributed by atoms with Gasteiger partial charge in [0.1, 0.15) is 0 Å². The summed E-state index contributed by atoms with van der Waals surface area (Å²) in [4.78, 5) is 11.1. The molecule has 1 fully saturated rings. The summed E-state index contributed by atoms with van der Waals surface area (Å²) in [5.74, 6) is -0.258. The van der Waals surface area contributed by atoms with Crippen LogP contribution in [0.2, 0.25) is 0 Å². The summed E-state index contributed by atoms with van der Waals surface area (Å²) in [5.41, 5.74) is 0. The molecule has 0 aromatic carbocycles. The highest BCUT2D eigenvalue weighted by Crippen LogP contribution is 2.16. The van der Waals surface area contributed by atoms with Gasteiger partial charge in [-0.15, -0.1) is 0 Å². The van der Waals surface area contributed by atoms with Crippen molar-refractivity contribution in [2.24, 2.45) is 0 Å². The minimum Gasteiger partial charge on any atom is -0.391 e. The highest BCUT2D eigenvalue weighted by Gasteiger charge is 2.32. The van der Waals surface area contributed by atoms with Crippen LogP contribution in [0.25, 0.3) is 0 Å². The predicted molar refractivity (Wildman–Crippen MR) is 60.8 cm³/mol. The van der Waals surface area contributed by atoms with Gasteiger partial charge in [0.25, 0.3) is 10.1 Å². The third-order valence-electron chi connectivity index (χ3n) is 2.57. The largest absolute Gasteiger partial charge is 0.391 e. The lowest BCUT2D eigenvalue weighted by atomic mass is 10.1. The highest BCUT2D eigenvalue weighted by atomic mass is 32.2. The summed E-state index contributed by atoms with van der Waals surface area (Å²) in [5, 5.41) is 15.1. The van der Waals surface area contributed by atoms with E-state index in [1.54, 1.807) is 0 Å². The number of carbonyl (C=O) groups is 1. The van der Waals surface area contributed by atoms with E-state index in [0.717, 1.165) is 6.26 Å². The van der Waals surface area contributed by atoms with Crippen LogP contribution in [-0.2, 0) is 19.1 Å². The van der Waals surface area contributed by atoms with Gasteiger partial charge in [0, 0.05) is 19.6 Å². The van der Waals surface area contributed by atoms with E-state index in [2.05, 4.69) is 10.6 Å². The predicted octanol–water partition coefficient (Wildman–Crippen LogP) is -1.81. The molecule has 100 valence electrons. The molecule has 0 bridgehead atoms. The van der Waals surface area contributed by atoms with Gasteiger partial charge in [-0.25, -0.2) is 0 Å². The van der Waals surface area contributed by atoms with Crippen molar-refractivity contribution in [2.45, 2.75) is 31.1 Å². The number of aliphatic hydroxyl groups is 1. The number of aliphatic hydroxyl groups excluding tert-OH is 1. The van der Waals surface area contributed by atoms with Crippen LogP contribution in [0.3, 0.4) is 0 Å². The molecule has 17 heavy (non-hydrogen) atoms. The van der Waals surface area contributed by atoms with Crippen LogP contribution in [0.1, 0.15) is 12.8 Å². The Kier molecular flexibility index (Phi) is 4.87. The van der Waals surface area contributed by atoms with Gasteiger partial charge in [-0.2, -0.15) is 8.42 Å². The first kappa shape index (κ1) is 14.4. The first-order valence-corrected chi connectivity index (χ1v) is 7.13. The van der Waals surface area contributed by atoms with Gasteiger partial charge in [-0.1, -0.05) is 0 Å². The van der Waals surface area contributed by atoms with Crippen molar-refractivity contribution in [1.29, 1.82) is 0 Å². The summed E-state index contributed by atoms with van der Waals surface area (Å²) >= 11 is 0. The first-order valence-electron chi connectivity index (χ1n) is 5.32. The van der Waals surface area contributed by atoms with Gasteiger partial charge in [0.15, 0.2) is 0 Å². The molecular weight excluding hydrogens is 248 g/mol. The maximum Gasteiger partial charge on any atom is 0.264 e. The zero-order valence-corrected chi connectivity index (χ0v) is 10.7. The topological polar surface area (TPSA) is 105 Å². The quantitative estimate of drug-likeness (QED) is 0.507. The van der Waals surface area contributed by atoms with Crippen LogP contribution in [0, 0.1) is 0 Å². The monoisotopic (exact) mass is 266 g/mol. The maximum absolute atomic E-state index is 11.1. The van der Waals surface area contributed by atoms with Crippen molar-refractivity contribution in [3.63, 3.8) is 0 Å². The summed E-state index contributed by atoms with van der Waals surface area (Å²) < 4.78 is 26.6. The van der Waals surface area contributed by atoms with Gasteiger partial charge < -0.3 is 15.7 Å². The Morgan fingerprint density at radius 3 is 2.82 bits per heavy atom. The molecule has 0 unspecified atom stereocenters. The second-order valence-electron chi connectivity index (χ2n) is 4.12. The Balaban J connectivity index is 2.42. The molecule has 3 atom stereocenters. The van der Waals surface area contributed by atoms with Crippen LogP contribution in [0.15, 0.2) is 0 Å². The molecule has 1 aliphatic rings. The molecule has 1 aliphatic heterocycles. The van der Waals surface area contributed by atoms with Crippen molar-refractivity contribution < 1.29 is 22.5 Å². The summed E-state index contributed by atoms with van der Waals surface area (Å²) in [6.45, 7) is 0.350. The molecule has 3 N–H and O–H groups in total. The molecule has 0 aliphatic carbocycles. The smallest absolute Gasteiger partial charge is 0.264 e. The number of rotatable bonds is 5. The van der Waals surface area contributed by atoms with Gasteiger partial charge in [0.05, 0.1) is 24.9 Å². The van der Waals surface area contributed by atoms with Gasteiger partial charge in [0.2, 0.25) is 5.91 Å². The van der Waals surface area contributed by atoms with Crippen LogP contribution in [0.4, 0.5) is 0 Å². The van der Waals surface area contributed by atoms with E-state index in [1.807, 2.05) is 0 Å². The van der Waals surface area contributed by atoms with Gasteiger partial charge in [-0.05, 0) is 6.42 Å². The fourth-order valence-corrected chi connectivity index (χ4v) is 2.42. The van der Waals surface area contributed by atoms with E-state index < -0.39 is 22.3 Å². The van der Waals surface area contributed by atoms with Crippen LogP contribution >= 0.6 is 0 Å². The van der Waals surface area contributed by atoms with E-state index in [1.165, 1.54) is 7.05 Å². The molecule has 0 spiro atoms. The second-order valence-corrected chi connectivity index (χ2v) is 5.72. The average molecular weight is 266 g/mol. The van der Waals surface area contributed by atoms with Crippen molar-refractivity contribution in [1.82, 2.24) is 10.6 Å². The van der Waals surface area contributed by atoms with Crippen LogP contribution in [-0.4, -0.2) is 57.5 Å². The Morgan fingerprint density at radius 1 is 1.65 bits per heavy atom. The number of carbonyl (C=O) groups excluding carboxylic acids is 1. The Bertz CT molecular complexity index is 370. The van der Waals surface area contributed by atoms with Crippen molar-refractivity contribution in [3.05, 3.63) is 0 Å². The van der Waals surface area contributed by atoms with E-state index in [-0.39, 0.29) is 18.4 Å². The molecule has 0 aromatic rings.